The first kappa shape index (κ1) is 11.8. The topological polar surface area (TPSA) is 81.2 Å². The second-order valence-corrected chi connectivity index (χ2v) is 4.57. The summed E-state index contributed by atoms with van der Waals surface area (Å²) in [6, 6.07) is 3.31. The Hall–Kier alpha value is -1.66. The Morgan fingerprint density at radius 1 is 1.59 bits per heavy atom. The molecule has 0 bridgehead atoms. The molecule has 6 heteroatoms. The average molecular weight is 251 g/mol. The highest BCUT2D eigenvalue weighted by molar-refractivity contribution is 7.09. The summed E-state index contributed by atoms with van der Waals surface area (Å²) in [4.78, 5) is 15.9. The van der Waals surface area contributed by atoms with E-state index in [0.29, 0.717) is 18.8 Å². The van der Waals surface area contributed by atoms with Crippen LogP contribution >= 0.6 is 11.3 Å². The minimum Gasteiger partial charge on any atom is -0.455 e. The molecule has 2 rings (SSSR count). The van der Waals surface area contributed by atoms with Crippen LogP contribution in [-0.4, -0.2) is 10.9 Å². The van der Waals surface area contributed by atoms with Crippen LogP contribution in [0, 0.1) is 6.92 Å². The first-order valence-corrected chi connectivity index (χ1v) is 6.05. The van der Waals surface area contributed by atoms with Crippen LogP contribution in [0.4, 0.5) is 0 Å². The van der Waals surface area contributed by atoms with Crippen LogP contribution in [0.5, 0.6) is 0 Å². The summed E-state index contributed by atoms with van der Waals surface area (Å²) in [5.74, 6) is 0.618. The lowest BCUT2D eigenvalue weighted by molar-refractivity contribution is 0.0921. The Kier molecular flexibility index (Phi) is 3.55. The van der Waals surface area contributed by atoms with Crippen molar-refractivity contribution >= 4 is 17.2 Å². The van der Waals surface area contributed by atoms with E-state index in [-0.39, 0.29) is 11.7 Å². The van der Waals surface area contributed by atoms with Gasteiger partial charge in [0.05, 0.1) is 23.8 Å². The van der Waals surface area contributed by atoms with E-state index in [1.807, 2.05) is 12.3 Å². The number of furan rings is 1. The maximum atomic E-state index is 11.7. The van der Waals surface area contributed by atoms with Gasteiger partial charge in [-0.05, 0) is 19.1 Å². The van der Waals surface area contributed by atoms with Crippen molar-refractivity contribution in [3.63, 3.8) is 0 Å². The van der Waals surface area contributed by atoms with Crippen LogP contribution < -0.4 is 11.1 Å². The highest BCUT2D eigenvalue weighted by Crippen LogP contribution is 2.09. The van der Waals surface area contributed by atoms with E-state index in [2.05, 4.69) is 10.3 Å². The lowest BCUT2D eigenvalue weighted by Gasteiger charge is -1.99. The van der Waals surface area contributed by atoms with Gasteiger partial charge in [0.15, 0.2) is 5.76 Å². The molecule has 17 heavy (non-hydrogen) atoms. The van der Waals surface area contributed by atoms with E-state index in [4.69, 9.17) is 10.2 Å². The highest BCUT2D eigenvalue weighted by Gasteiger charge is 2.10. The molecule has 0 aliphatic heterocycles. The first-order valence-electron chi connectivity index (χ1n) is 5.17. The molecule has 0 radical (unpaired) electrons. The van der Waals surface area contributed by atoms with Gasteiger partial charge in [0.25, 0.3) is 5.91 Å². The largest absolute Gasteiger partial charge is 0.455 e. The Morgan fingerprint density at radius 3 is 3.00 bits per heavy atom. The van der Waals surface area contributed by atoms with E-state index in [1.165, 1.54) is 0 Å². The predicted octanol–water partition coefficient (Wildman–Crippen LogP) is 1.43. The van der Waals surface area contributed by atoms with E-state index < -0.39 is 0 Å². The summed E-state index contributed by atoms with van der Waals surface area (Å²) in [6.07, 6.45) is 0. The smallest absolute Gasteiger partial charge is 0.287 e. The molecule has 0 aromatic carbocycles. The summed E-state index contributed by atoms with van der Waals surface area (Å²) in [7, 11) is 0. The maximum Gasteiger partial charge on any atom is 0.287 e. The van der Waals surface area contributed by atoms with Crippen LogP contribution in [0.15, 0.2) is 21.9 Å². The molecule has 0 saturated carbocycles. The Morgan fingerprint density at radius 2 is 2.41 bits per heavy atom. The zero-order valence-electron chi connectivity index (χ0n) is 9.40. The second kappa shape index (κ2) is 5.11. The maximum absolute atomic E-state index is 11.7. The molecule has 2 heterocycles. The van der Waals surface area contributed by atoms with Gasteiger partial charge in [-0.25, -0.2) is 4.98 Å². The van der Waals surface area contributed by atoms with Crippen molar-refractivity contribution in [3.05, 3.63) is 39.7 Å². The van der Waals surface area contributed by atoms with Crippen LogP contribution in [0.3, 0.4) is 0 Å². The number of carbonyl (C=O) groups excluding carboxylic acids is 1. The van der Waals surface area contributed by atoms with Gasteiger partial charge in [0, 0.05) is 5.38 Å². The van der Waals surface area contributed by atoms with Crippen molar-refractivity contribution in [2.45, 2.75) is 20.0 Å². The number of nitrogens with one attached hydrogen (secondary N) is 1. The molecule has 0 fully saturated rings. The predicted molar refractivity (Wildman–Crippen MR) is 64.6 cm³/mol. The van der Waals surface area contributed by atoms with Crippen molar-refractivity contribution in [1.29, 1.82) is 0 Å². The van der Waals surface area contributed by atoms with Crippen molar-refractivity contribution in [1.82, 2.24) is 10.3 Å². The molecule has 0 saturated heterocycles. The third-order valence-corrected chi connectivity index (χ3v) is 3.01. The van der Waals surface area contributed by atoms with E-state index >= 15 is 0 Å². The van der Waals surface area contributed by atoms with Gasteiger partial charge in [-0.3, -0.25) is 4.79 Å². The number of nitrogens with two attached hydrogens (primary N) is 1. The fraction of sp³-hybridized carbons (Fsp3) is 0.273. The van der Waals surface area contributed by atoms with E-state index in [1.54, 1.807) is 23.5 Å². The molecule has 0 aliphatic carbocycles. The fourth-order valence-corrected chi connectivity index (χ4v) is 1.97. The zero-order chi connectivity index (χ0) is 12.3. The first-order chi connectivity index (χ1) is 8.19. The summed E-state index contributed by atoms with van der Waals surface area (Å²) < 4.78 is 5.23. The van der Waals surface area contributed by atoms with Crippen molar-refractivity contribution < 1.29 is 9.21 Å². The average Bonchev–Trinajstić information content (AvgIpc) is 2.94. The number of amides is 1. The van der Waals surface area contributed by atoms with Gasteiger partial charge < -0.3 is 15.5 Å². The molecule has 1 amide bonds. The molecule has 2 aromatic rings. The van der Waals surface area contributed by atoms with Crippen LogP contribution in [0.25, 0.3) is 0 Å². The summed E-state index contributed by atoms with van der Waals surface area (Å²) in [5.41, 5.74) is 6.25. The lowest BCUT2D eigenvalue weighted by atomic mass is 10.4. The minimum absolute atomic E-state index is 0.254. The van der Waals surface area contributed by atoms with Crippen molar-refractivity contribution in [2.75, 3.05) is 0 Å². The van der Waals surface area contributed by atoms with E-state index in [0.717, 1.165) is 10.7 Å². The highest BCUT2D eigenvalue weighted by atomic mass is 32.1. The van der Waals surface area contributed by atoms with Crippen LogP contribution in [-0.2, 0) is 13.1 Å². The molecule has 2 aromatic heterocycles. The number of thiazole rings is 1. The fourth-order valence-electron chi connectivity index (χ4n) is 1.36. The van der Waals surface area contributed by atoms with Gasteiger partial charge in [0.1, 0.15) is 5.76 Å². The number of hydrogen-bond acceptors (Lipinski definition) is 5. The number of hydrogen-bond donors (Lipinski definition) is 2. The van der Waals surface area contributed by atoms with Gasteiger partial charge in [-0.15, -0.1) is 11.3 Å². The summed E-state index contributed by atoms with van der Waals surface area (Å²) >= 11 is 1.56. The summed E-state index contributed by atoms with van der Waals surface area (Å²) in [5, 5.41) is 5.64. The molecule has 0 unspecified atom stereocenters. The molecular weight excluding hydrogens is 238 g/mol. The number of aromatic nitrogens is 1. The lowest BCUT2D eigenvalue weighted by Crippen LogP contribution is -2.22. The van der Waals surface area contributed by atoms with Crippen LogP contribution in [0.1, 0.15) is 27.0 Å². The van der Waals surface area contributed by atoms with Gasteiger partial charge in [-0.1, -0.05) is 0 Å². The number of aryl methyl sites for hydroxylation is 1. The quantitative estimate of drug-likeness (QED) is 0.861. The molecule has 5 nitrogen and oxygen atoms in total. The Balaban J connectivity index is 1.93. The second-order valence-electron chi connectivity index (χ2n) is 3.51. The molecular formula is C11H13N3O2S. The zero-order valence-corrected chi connectivity index (χ0v) is 10.2. The van der Waals surface area contributed by atoms with Crippen LogP contribution in [0.2, 0.25) is 0 Å². The third-order valence-electron chi connectivity index (χ3n) is 2.18. The molecule has 90 valence electrons. The van der Waals surface area contributed by atoms with Gasteiger partial charge in [0.2, 0.25) is 0 Å². The molecule has 0 atom stereocenters. The third kappa shape index (κ3) is 2.92. The monoisotopic (exact) mass is 251 g/mol. The van der Waals surface area contributed by atoms with Crippen molar-refractivity contribution in [3.8, 4) is 0 Å². The summed E-state index contributed by atoms with van der Waals surface area (Å²) in [6.45, 7) is 2.62. The Labute approximate surface area is 103 Å². The van der Waals surface area contributed by atoms with Crippen molar-refractivity contribution in [2.24, 2.45) is 5.73 Å². The number of carbonyl (C=O) groups is 1. The molecule has 3 N–H and O–H groups in total. The molecule has 0 spiro atoms. The number of nitrogens with zero attached hydrogens (tertiary/aromatic N) is 1. The molecule has 0 aliphatic rings. The normalized spacial score (nSPS) is 10.5. The standard InChI is InChI=1S/C11H13N3O2S/c1-7-14-8(6-17-7)5-13-11(15)10-3-2-9(4-12)16-10/h2-3,6H,4-5,12H2,1H3,(H,13,15). The van der Waals surface area contributed by atoms with Gasteiger partial charge in [-0.2, -0.15) is 0 Å². The van der Waals surface area contributed by atoms with Gasteiger partial charge >= 0.3 is 0 Å². The SMILES string of the molecule is Cc1nc(CNC(=O)c2ccc(CN)o2)cs1. The Bertz CT molecular complexity index is 518. The number of rotatable bonds is 4. The van der Waals surface area contributed by atoms with E-state index in [9.17, 15) is 4.79 Å². The minimum atomic E-state index is -0.254.